The number of fused-ring (bicyclic) bond motifs is 4. The number of rotatable bonds is 6. The number of alkyl carbamates (subject to hydrolysis) is 1. The van der Waals surface area contributed by atoms with Crippen molar-refractivity contribution in [3.63, 3.8) is 0 Å². The lowest BCUT2D eigenvalue weighted by molar-refractivity contribution is -0.139. The first-order chi connectivity index (χ1) is 16.5. The van der Waals surface area contributed by atoms with E-state index in [4.69, 9.17) is 4.74 Å². The number of nitrogens with one attached hydrogen (secondary N) is 1. The van der Waals surface area contributed by atoms with Crippen molar-refractivity contribution in [3.8, 4) is 11.1 Å². The Morgan fingerprint density at radius 1 is 0.853 bits per heavy atom. The predicted octanol–water partition coefficient (Wildman–Crippen LogP) is 5.94. The summed E-state index contributed by atoms with van der Waals surface area (Å²) in [7, 11) is 0. The van der Waals surface area contributed by atoms with Gasteiger partial charge < -0.3 is 15.2 Å². The Hall–Kier alpha value is -4.12. The highest BCUT2D eigenvalue weighted by molar-refractivity contribution is 5.85. The Morgan fingerprint density at radius 2 is 1.44 bits per heavy atom. The van der Waals surface area contributed by atoms with Crippen LogP contribution >= 0.6 is 0 Å². The summed E-state index contributed by atoms with van der Waals surface area (Å²) >= 11 is 0. The zero-order chi connectivity index (χ0) is 23.7. The molecular weight excluding hydrogens is 426 g/mol. The number of ether oxygens (including phenoxy) is 1. The van der Waals surface area contributed by atoms with Crippen molar-refractivity contribution >= 4 is 22.8 Å². The van der Waals surface area contributed by atoms with E-state index < -0.39 is 24.0 Å². The first kappa shape index (κ1) is 21.7. The van der Waals surface area contributed by atoms with E-state index in [9.17, 15) is 14.7 Å². The van der Waals surface area contributed by atoms with Crippen molar-refractivity contribution in [2.75, 3.05) is 6.61 Å². The summed E-state index contributed by atoms with van der Waals surface area (Å²) in [6, 6.07) is 28.8. The monoisotopic (exact) mass is 451 g/mol. The lowest BCUT2D eigenvalue weighted by Crippen LogP contribution is -2.44. The number of hydrogen-bond acceptors (Lipinski definition) is 3. The molecule has 5 heteroatoms. The Labute approximate surface area is 198 Å². The van der Waals surface area contributed by atoms with E-state index in [1.165, 1.54) is 0 Å². The minimum absolute atomic E-state index is 0.0839. The van der Waals surface area contributed by atoms with E-state index in [1.54, 1.807) is 6.92 Å². The summed E-state index contributed by atoms with van der Waals surface area (Å²) < 4.78 is 5.56. The fraction of sp³-hybridized carbons (Fsp3) is 0.172. The van der Waals surface area contributed by atoms with Crippen LogP contribution < -0.4 is 5.32 Å². The van der Waals surface area contributed by atoms with Crippen molar-refractivity contribution in [2.24, 2.45) is 0 Å². The lowest BCUT2D eigenvalue weighted by atomic mass is 9.91. The van der Waals surface area contributed by atoms with E-state index in [-0.39, 0.29) is 12.5 Å². The van der Waals surface area contributed by atoms with Gasteiger partial charge in [0.05, 0.1) is 0 Å². The van der Waals surface area contributed by atoms with Gasteiger partial charge in [-0.1, -0.05) is 97.9 Å². The smallest absolute Gasteiger partial charge is 0.407 e. The van der Waals surface area contributed by atoms with Crippen LogP contribution in [-0.4, -0.2) is 29.8 Å². The quantitative estimate of drug-likeness (QED) is 0.381. The predicted molar refractivity (Wildman–Crippen MR) is 132 cm³/mol. The van der Waals surface area contributed by atoms with Crippen LogP contribution in [0.4, 0.5) is 4.79 Å². The maximum absolute atomic E-state index is 12.7. The summed E-state index contributed by atoms with van der Waals surface area (Å²) in [6.45, 7) is 1.93. The van der Waals surface area contributed by atoms with Crippen LogP contribution in [-0.2, 0) is 9.53 Å². The molecule has 0 radical (unpaired) electrons. The molecule has 0 bridgehead atoms. The summed E-state index contributed by atoms with van der Waals surface area (Å²) in [5, 5.41) is 14.5. The molecule has 2 atom stereocenters. The van der Waals surface area contributed by atoms with Gasteiger partial charge in [0.25, 0.3) is 0 Å². The summed E-state index contributed by atoms with van der Waals surface area (Å²) in [5.74, 6) is -1.63. The average Bonchev–Trinajstić information content (AvgIpc) is 3.19. The number of carboxylic acid groups (broad SMARTS) is 1. The Balaban J connectivity index is 1.30. The number of hydrogen-bond donors (Lipinski definition) is 2. The van der Waals surface area contributed by atoms with Gasteiger partial charge in [0.2, 0.25) is 0 Å². The van der Waals surface area contributed by atoms with Gasteiger partial charge in [-0.3, -0.25) is 0 Å². The molecule has 0 aromatic heterocycles. The van der Waals surface area contributed by atoms with Gasteiger partial charge in [-0.05, 0) is 38.6 Å². The summed E-state index contributed by atoms with van der Waals surface area (Å²) in [6.07, 6.45) is -0.734. The maximum Gasteiger partial charge on any atom is 0.407 e. The van der Waals surface area contributed by atoms with Crippen molar-refractivity contribution in [1.82, 2.24) is 5.32 Å². The molecule has 1 amide bonds. The molecule has 0 saturated heterocycles. The largest absolute Gasteiger partial charge is 0.480 e. The summed E-state index contributed by atoms with van der Waals surface area (Å²) in [5.41, 5.74) is 5.33. The van der Waals surface area contributed by atoms with Crippen molar-refractivity contribution in [3.05, 3.63) is 108 Å². The molecular formula is C29H25NO4. The van der Waals surface area contributed by atoms with Crippen LogP contribution in [0, 0.1) is 0 Å². The van der Waals surface area contributed by atoms with Crippen LogP contribution in [0.5, 0.6) is 0 Å². The third kappa shape index (κ3) is 4.01. The molecule has 4 aromatic rings. The molecule has 2 unspecified atom stereocenters. The molecule has 0 heterocycles. The van der Waals surface area contributed by atoms with Gasteiger partial charge in [-0.2, -0.15) is 0 Å². The van der Waals surface area contributed by atoms with E-state index >= 15 is 0 Å². The minimum atomic E-state index is -1.11. The van der Waals surface area contributed by atoms with E-state index in [1.807, 2.05) is 78.9 Å². The number of carbonyl (C=O) groups excluding carboxylic acids is 1. The molecule has 1 aliphatic carbocycles. The molecule has 1 aliphatic rings. The van der Waals surface area contributed by atoms with Gasteiger partial charge >= 0.3 is 12.1 Å². The van der Waals surface area contributed by atoms with Crippen LogP contribution in [0.15, 0.2) is 91.0 Å². The Morgan fingerprint density at radius 3 is 2.09 bits per heavy atom. The van der Waals surface area contributed by atoms with Gasteiger partial charge in [0, 0.05) is 11.8 Å². The number of carboxylic acids is 1. The highest BCUT2D eigenvalue weighted by atomic mass is 16.5. The number of benzene rings is 4. The fourth-order valence-corrected chi connectivity index (χ4v) is 4.85. The minimum Gasteiger partial charge on any atom is -0.480 e. The Kier molecular flexibility index (Phi) is 5.76. The van der Waals surface area contributed by atoms with E-state index in [0.717, 1.165) is 38.6 Å². The van der Waals surface area contributed by atoms with E-state index in [0.29, 0.717) is 0 Å². The average molecular weight is 452 g/mol. The highest BCUT2D eigenvalue weighted by Gasteiger charge is 2.31. The fourth-order valence-electron chi connectivity index (χ4n) is 4.85. The normalized spacial score (nSPS) is 14.1. The first-order valence-corrected chi connectivity index (χ1v) is 11.4. The van der Waals surface area contributed by atoms with Crippen molar-refractivity contribution < 1.29 is 19.4 Å². The third-order valence-corrected chi connectivity index (χ3v) is 6.68. The molecule has 0 fully saturated rings. The first-order valence-electron chi connectivity index (χ1n) is 11.4. The van der Waals surface area contributed by atoms with Crippen LogP contribution in [0.3, 0.4) is 0 Å². The molecule has 0 spiro atoms. The number of aliphatic carboxylic acids is 1. The molecule has 0 aliphatic heterocycles. The van der Waals surface area contributed by atoms with Crippen LogP contribution in [0.2, 0.25) is 0 Å². The van der Waals surface area contributed by atoms with Crippen molar-refractivity contribution in [1.29, 1.82) is 0 Å². The van der Waals surface area contributed by atoms with Gasteiger partial charge in [-0.15, -0.1) is 0 Å². The molecule has 34 heavy (non-hydrogen) atoms. The Bertz CT molecular complexity index is 1330. The van der Waals surface area contributed by atoms with Crippen LogP contribution in [0.1, 0.15) is 35.4 Å². The molecule has 5 rings (SSSR count). The van der Waals surface area contributed by atoms with E-state index in [2.05, 4.69) is 17.4 Å². The number of amides is 1. The van der Waals surface area contributed by atoms with Gasteiger partial charge in [0.15, 0.2) is 0 Å². The molecule has 5 nitrogen and oxygen atoms in total. The third-order valence-electron chi connectivity index (χ3n) is 6.68. The highest BCUT2D eigenvalue weighted by Crippen LogP contribution is 2.44. The molecule has 4 aromatic carbocycles. The summed E-state index contributed by atoms with van der Waals surface area (Å²) in [4.78, 5) is 24.7. The lowest BCUT2D eigenvalue weighted by Gasteiger charge is -2.22. The van der Waals surface area contributed by atoms with Gasteiger partial charge in [-0.25, -0.2) is 9.59 Å². The molecule has 170 valence electrons. The van der Waals surface area contributed by atoms with Crippen molar-refractivity contribution in [2.45, 2.75) is 24.8 Å². The zero-order valence-electron chi connectivity index (χ0n) is 18.8. The maximum atomic E-state index is 12.7. The van der Waals surface area contributed by atoms with Crippen LogP contribution in [0.25, 0.3) is 21.9 Å². The number of carbonyl (C=O) groups is 2. The SMILES string of the molecule is CC(c1ccc2ccccc2c1)C(NC(=O)OCC1c2ccccc2-c2ccccc21)C(=O)O. The topological polar surface area (TPSA) is 75.6 Å². The molecule has 2 N–H and O–H groups in total. The second-order valence-corrected chi connectivity index (χ2v) is 8.68. The second-order valence-electron chi connectivity index (χ2n) is 8.68. The molecule has 0 saturated carbocycles. The standard InChI is InChI=1S/C29H25NO4/c1-18(20-15-14-19-8-2-3-9-21(19)16-20)27(28(31)32)30-29(33)34-17-26-24-12-6-4-10-22(24)23-11-5-7-13-25(23)26/h2-16,18,26-27H,17H2,1H3,(H,30,33)(H,31,32). The van der Waals surface area contributed by atoms with Gasteiger partial charge in [0.1, 0.15) is 12.6 Å². The zero-order valence-corrected chi connectivity index (χ0v) is 18.8. The second kappa shape index (κ2) is 9.02.